The maximum absolute atomic E-state index is 10.8. The monoisotopic (exact) mass is 262 g/mol. The number of aliphatic carboxylic acids is 1. The van der Waals surface area contributed by atoms with Crippen LogP contribution in [0.5, 0.6) is 5.88 Å². The van der Waals surface area contributed by atoms with Crippen LogP contribution in [0.2, 0.25) is 0 Å². The highest BCUT2D eigenvalue weighted by Crippen LogP contribution is 2.47. The first kappa shape index (κ1) is 11.6. The van der Waals surface area contributed by atoms with Gasteiger partial charge in [-0.15, -0.1) is 10.2 Å². The van der Waals surface area contributed by atoms with E-state index in [-0.39, 0.29) is 5.92 Å². The molecule has 2 heterocycles. The van der Waals surface area contributed by atoms with E-state index in [1.807, 2.05) is 0 Å². The molecule has 19 heavy (non-hydrogen) atoms. The summed E-state index contributed by atoms with van der Waals surface area (Å²) < 4.78 is 9.95. The normalized spacial score (nSPS) is 21.1. The first-order valence-corrected chi connectivity index (χ1v) is 5.63. The van der Waals surface area contributed by atoms with E-state index >= 15 is 0 Å². The van der Waals surface area contributed by atoms with Gasteiger partial charge in [0, 0.05) is 6.07 Å². The molecule has 2 unspecified atom stereocenters. The molecular formula is C11H10N4O4. The van der Waals surface area contributed by atoms with E-state index in [9.17, 15) is 4.79 Å². The highest BCUT2D eigenvalue weighted by molar-refractivity contribution is 5.74. The molecule has 1 aliphatic rings. The van der Waals surface area contributed by atoms with Crippen molar-refractivity contribution < 1.29 is 19.2 Å². The van der Waals surface area contributed by atoms with Crippen LogP contribution in [0.1, 0.15) is 18.2 Å². The summed E-state index contributed by atoms with van der Waals surface area (Å²) in [5, 5.41) is 20.3. The Morgan fingerprint density at radius 1 is 1.47 bits per heavy atom. The van der Waals surface area contributed by atoms with Crippen molar-refractivity contribution in [2.45, 2.75) is 12.3 Å². The van der Waals surface area contributed by atoms with Crippen LogP contribution in [0, 0.1) is 5.92 Å². The third kappa shape index (κ3) is 2.12. The molecule has 2 atom stereocenters. The zero-order valence-electron chi connectivity index (χ0n) is 9.98. The summed E-state index contributed by atoms with van der Waals surface area (Å²) >= 11 is 0. The minimum Gasteiger partial charge on any atom is -0.481 e. The third-order valence-electron chi connectivity index (χ3n) is 2.94. The molecule has 8 heteroatoms. The summed E-state index contributed by atoms with van der Waals surface area (Å²) in [4.78, 5) is 14.9. The Kier molecular flexibility index (Phi) is 2.62. The highest BCUT2D eigenvalue weighted by atomic mass is 16.5. The molecule has 98 valence electrons. The quantitative estimate of drug-likeness (QED) is 0.857. The molecule has 0 bridgehead atoms. The Balaban J connectivity index is 1.79. The van der Waals surface area contributed by atoms with Gasteiger partial charge in [0.05, 0.1) is 18.9 Å². The van der Waals surface area contributed by atoms with Crippen LogP contribution in [0.4, 0.5) is 0 Å². The standard InChI is InChI=1S/C11H10N4O4/c1-18-8-3-2-7(13-14-8)9-12-10(19-15-9)5-4-6(5)11(16)17/h2-3,5-6H,4H2,1H3,(H,16,17). The largest absolute Gasteiger partial charge is 0.481 e. The molecular weight excluding hydrogens is 252 g/mol. The zero-order valence-corrected chi connectivity index (χ0v) is 9.98. The van der Waals surface area contributed by atoms with Crippen molar-refractivity contribution in [1.29, 1.82) is 0 Å². The fourth-order valence-corrected chi connectivity index (χ4v) is 1.78. The fraction of sp³-hybridized carbons (Fsp3) is 0.364. The van der Waals surface area contributed by atoms with Gasteiger partial charge in [0.1, 0.15) is 5.69 Å². The van der Waals surface area contributed by atoms with Gasteiger partial charge in [0.25, 0.3) is 0 Å². The van der Waals surface area contributed by atoms with E-state index in [1.54, 1.807) is 12.1 Å². The van der Waals surface area contributed by atoms with Crippen LogP contribution >= 0.6 is 0 Å². The van der Waals surface area contributed by atoms with Gasteiger partial charge in [-0.05, 0) is 12.5 Å². The number of ether oxygens (including phenoxy) is 1. The summed E-state index contributed by atoms with van der Waals surface area (Å²) in [7, 11) is 1.50. The van der Waals surface area contributed by atoms with Crippen LogP contribution in [0.15, 0.2) is 16.7 Å². The predicted molar refractivity (Wildman–Crippen MR) is 60.4 cm³/mol. The molecule has 8 nitrogen and oxygen atoms in total. The maximum Gasteiger partial charge on any atom is 0.307 e. The molecule has 1 aliphatic carbocycles. The number of carbonyl (C=O) groups is 1. The van der Waals surface area contributed by atoms with Gasteiger partial charge in [0.2, 0.25) is 17.6 Å². The topological polar surface area (TPSA) is 111 Å². The van der Waals surface area contributed by atoms with Crippen molar-refractivity contribution >= 4 is 5.97 Å². The van der Waals surface area contributed by atoms with Gasteiger partial charge >= 0.3 is 5.97 Å². The van der Waals surface area contributed by atoms with Gasteiger partial charge in [-0.2, -0.15) is 4.98 Å². The molecule has 0 saturated heterocycles. The zero-order chi connectivity index (χ0) is 13.4. The summed E-state index contributed by atoms with van der Waals surface area (Å²) in [6.45, 7) is 0. The SMILES string of the molecule is COc1ccc(-c2noc(C3CC3C(=O)O)n2)nn1. The van der Waals surface area contributed by atoms with Crippen molar-refractivity contribution in [2.75, 3.05) is 7.11 Å². The fourth-order valence-electron chi connectivity index (χ4n) is 1.78. The molecule has 1 fully saturated rings. The molecule has 1 N–H and O–H groups in total. The lowest BCUT2D eigenvalue weighted by molar-refractivity contribution is -0.138. The summed E-state index contributed by atoms with van der Waals surface area (Å²) in [6, 6.07) is 3.29. The van der Waals surface area contributed by atoms with Crippen LogP contribution in [-0.4, -0.2) is 38.5 Å². The Hall–Kier alpha value is -2.51. The minimum atomic E-state index is -0.839. The minimum absolute atomic E-state index is 0.190. The Morgan fingerprint density at radius 3 is 2.89 bits per heavy atom. The van der Waals surface area contributed by atoms with Gasteiger partial charge in [-0.3, -0.25) is 4.79 Å². The Bertz CT molecular complexity index is 609. The number of carboxylic acids is 1. The number of hydrogen-bond donors (Lipinski definition) is 1. The first-order valence-electron chi connectivity index (χ1n) is 5.63. The average molecular weight is 262 g/mol. The molecule has 0 aromatic carbocycles. The van der Waals surface area contributed by atoms with Crippen LogP contribution < -0.4 is 4.74 Å². The highest BCUT2D eigenvalue weighted by Gasteiger charge is 2.48. The molecule has 0 amide bonds. The lowest BCUT2D eigenvalue weighted by Crippen LogP contribution is -1.99. The smallest absolute Gasteiger partial charge is 0.307 e. The number of hydrogen-bond acceptors (Lipinski definition) is 7. The third-order valence-corrected chi connectivity index (χ3v) is 2.94. The first-order chi connectivity index (χ1) is 9.19. The lowest BCUT2D eigenvalue weighted by atomic mass is 10.3. The summed E-state index contributed by atoms with van der Waals surface area (Å²) in [6.07, 6.45) is 0.533. The molecule has 1 saturated carbocycles. The second-order valence-electron chi connectivity index (χ2n) is 4.20. The maximum atomic E-state index is 10.8. The van der Waals surface area contributed by atoms with Crippen molar-refractivity contribution in [3.63, 3.8) is 0 Å². The van der Waals surface area contributed by atoms with E-state index < -0.39 is 11.9 Å². The van der Waals surface area contributed by atoms with Gasteiger partial charge in [0.15, 0.2) is 0 Å². The number of carboxylic acid groups (broad SMARTS) is 1. The van der Waals surface area contributed by atoms with Crippen molar-refractivity contribution in [3.05, 3.63) is 18.0 Å². The molecule has 2 aromatic rings. The number of rotatable bonds is 4. The number of nitrogens with zero attached hydrogens (tertiary/aromatic N) is 4. The van der Waals surface area contributed by atoms with Crippen LogP contribution in [0.25, 0.3) is 11.5 Å². The van der Waals surface area contributed by atoms with Crippen molar-refractivity contribution in [1.82, 2.24) is 20.3 Å². The van der Waals surface area contributed by atoms with E-state index in [1.165, 1.54) is 7.11 Å². The van der Waals surface area contributed by atoms with Crippen molar-refractivity contribution in [2.24, 2.45) is 5.92 Å². The summed E-state index contributed by atoms with van der Waals surface area (Å²) in [5.74, 6) is -0.434. The molecule has 0 radical (unpaired) electrons. The second kappa shape index (κ2) is 4.30. The van der Waals surface area contributed by atoms with Gasteiger partial charge in [-0.1, -0.05) is 5.16 Å². The van der Waals surface area contributed by atoms with E-state index in [4.69, 9.17) is 14.4 Å². The average Bonchev–Trinajstić information content (AvgIpc) is 3.09. The lowest BCUT2D eigenvalue weighted by Gasteiger charge is -1.96. The second-order valence-corrected chi connectivity index (χ2v) is 4.20. The van der Waals surface area contributed by atoms with Gasteiger partial charge in [-0.25, -0.2) is 0 Å². The van der Waals surface area contributed by atoms with Gasteiger partial charge < -0.3 is 14.4 Å². The molecule has 3 rings (SSSR count). The van der Waals surface area contributed by atoms with Crippen LogP contribution in [0.3, 0.4) is 0 Å². The Labute approximate surface area is 107 Å². The molecule has 0 spiro atoms. The Morgan fingerprint density at radius 2 is 2.32 bits per heavy atom. The van der Waals surface area contributed by atoms with Crippen LogP contribution in [-0.2, 0) is 4.79 Å². The summed E-state index contributed by atoms with van der Waals surface area (Å²) in [5.41, 5.74) is 0.448. The van der Waals surface area contributed by atoms with Crippen molar-refractivity contribution in [3.8, 4) is 17.4 Å². The van der Waals surface area contributed by atoms with E-state index in [0.29, 0.717) is 29.7 Å². The van der Waals surface area contributed by atoms with E-state index in [0.717, 1.165) is 0 Å². The van der Waals surface area contributed by atoms with E-state index in [2.05, 4.69) is 20.3 Å². The predicted octanol–water partition coefficient (Wildman–Crippen LogP) is 0.723. The molecule has 2 aromatic heterocycles. The number of aromatic nitrogens is 4. The number of methoxy groups -OCH3 is 1. The molecule has 0 aliphatic heterocycles.